The number of nitrogens with zero attached hydrogens (tertiary/aromatic N) is 3. The topological polar surface area (TPSA) is 80.0 Å². The summed E-state index contributed by atoms with van der Waals surface area (Å²) in [6.45, 7) is 14.8. The summed E-state index contributed by atoms with van der Waals surface area (Å²) in [5, 5.41) is 4.32. The smallest absolute Gasteiger partial charge is 0.240 e. The molecule has 0 fully saturated rings. The van der Waals surface area contributed by atoms with E-state index in [0.717, 1.165) is 54.2 Å². The van der Waals surface area contributed by atoms with Gasteiger partial charge in [0.15, 0.2) is 5.58 Å². The summed E-state index contributed by atoms with van der Waals surface area (Å²) in [7, 11) is 0. The van der Waals surface area contributed by atoms with Crippen molar-refractivity contribution in [2.24, 2.45) is 22.9 Å². The van der Waals surface area contributed by atoms with Crippen molar-refractivity contribution in [2.45, 2.75) is 47.5 Å². The number of nitrogens with one attached hydrogen (secondary N) is 1. The third-order valence-electron chi connectivity index (χ3n) is 6.30. The molecule has 0 saturated carbocycles. The maximum Gasteiger partial charge on any atom is 0.240 e. The van der Waals surface area contributed by atoms with Crippen molar-refractivity contribution < 1.29 is 13.9 Å². The number of hydrazone groups is 1. The molecule has 0 spiro atoms. The molecule has 3 aromatic rings. The summed E-state index contributed by atoms with van der Waals surface area (Å²) in [5.74, 6) is 2.68. The molecular formula is C29H38N4O3. The van der Waals surface area contributed by atoms with Crippen molar-refractivity contribution in [1.29, 1.82) is 0 Å². The van der Waals surface area contributed by atoms with Gasteiger partial charge in [0.2, 0.25) is 11.8 Å². The number of benzene rings is 2. The highest BCUT2D eigenvalue weighted by atomic mass is 16.5. The van der Waals surface area contributed by atoms with E-state index in [0.29, 0.717) is 36.3 Å². The van der Waals surface area contributed by atoms with E-state index in [9.17, 15) is 4.79 Å². The zero-order valence-corrected chi connectivity index (χ0v) is 22.1. The molecule has 1 N–H and O–H groups in total. The Morgan fingerprint density at radius 1 is 1.08 bits per heavy atom. The van der Waals surface area contributed by atoms with Gasteiger partial charge >= 0.3 is 0 Å². The van der Waals surface area contributed by atoms with Gasteiger partial charge in [-0.1, -0.05) is 46.8 Å². The normalized spacial score (nSPS) is 16.2. The van der Waals surface area contributed by atoms with Crippen LogP contribution in [0.15, 0.2) is 52.0 Å². The fourth-order valence-corrected chi connectivity index (χ4v) is 4.73. The van der Waals surface area contributed by atoms with E-state index in [-0.39, 0.29) is 11.8 Å². The Balaban J connectivity index is 1.47. The lowest BCUT2D eigenvalue weighted by molar-refractivity contribution is -0.122. The molecule has 1 aliphatic rings. The highest BCUT2D eigenvalue weighted by molar-refractivity contribution is 6.07. The van der Waals surface area contributed by atoms with Crippen molar-refractivity contribution in [1.82, 2.24) is 15.3 Å². The van der Waals surface area contributed by atoms with Crippen LogP contribution in [-0.2, 0) is 4.79 Å². The molecule has 2 aromatic carbocycles. The zero-order chi connectivity index (χ0) is 25.7. The lowest BCUT2D eigenvalue weighted by atomic mass is 9.90. The van der Waals surface area contributed by atoms with Crippen molar-refractivity contribution in [2.75, 3.05) is 26.2 Å². The molecule has 1 atom stereocenters. The minimum absolute atomic E-state index is 0.0386. The van der Waals surface area contributed by atoms with Crippen LogP contribution >= 0.6 is 0 Å². The lowest BCUT2D eigenvalue weighted by Crippen LogP contribution is -2.34. The first-order valence-electron chi connectivity index (χ1n) is 13.0. The van der Waals surface area contributed by atoms with Crippen LogP contribution in [0.3, 0.4) is 0 Å². The summed E-state index contributed by atoms with van der Waals surface area (Å²) < 4.78 is 12.2. The first-order valence-corrected chi connectivity index (χ1v) is 13.0. The maximum absolute atomic E-state index is 11.7. The summed E-state index contributed by atoms with van der Waals surface area (Å²) in [5.41, 5.74) is 6.79. The molecule has 4 rings (SSSR count). The van der Waals surface area contributed by atoms with Crippen LogP contribution in [0.25, 0.3) is 22.6 Å². The van der Waals surface area contributed by atoms with Crippen molar-refractivity contribution in [3.8, 4) is 17.2 Å². The van der Waals surface area contributed by atoms with Crippen LogP contribution in [0.4, 0.5) is 0 Å². The van der Waals surface area contributed by atoms with Gasteiger partial charge in [0.1, 0.15) is 17.9 Å². The molecule has 2 heterocycles. The van der Waals surface area contributed by atoms with Gasteiger partial charge < -0.3 is 9.15 Å². The summed E-state index contributed by atoms with van der Waals surface area (Å²) in [4.78, 5) is 18.9. The molecule has 1 aliphatic heterocycles. The monoisotopic (exact) mass is 490 g/mol. The van der Waals surface area contributed by atoms with Crippen LogP contribution in [0.1, 0.15) is 53.0 Å². The van der Waals surface area contributed by atoms with Gasteiger partial charge in [0.25, 0.3) is 0 Å². The molecule has 1 amide bonds. The molecule has 36 heavy (non-hydrogen) atoms. The number of hydrogen-bond donors (Lipinski definition) is 1. The van der Waals surface area contributed by atoms with Crippen LogP contribution in [0.2, 0.25) is 0 Å². The van der Waals surface area contributed by atoms with E-state index < -0.39 is 0 Å². The number of oxazole rings is 1. The minimum atomic E-state index is -0.0386. The van der Waals surface area contributed by atoms with Crippen molar-refractivity contribution >= 4 is 22.7 Å². The number of aromatic nitrogens is 1. The SMILES string of the molecule is CCC1CC(=O)NN=C1c1ccc2nc(-c3cccc(OCCN(CC(C)C)CC(C)C)c3)oc2c1. The van der Waals surface area contributed by atoms with Crippen molar-refractivity contribution in [3.05, 3.63) is 48.0 Å². The molecule has 0 bridgehead atoms. The highest BCUT2D eigenvalue weighted by Gasteiger charge is 2.24. The Morgan fingerprint density at radius 2 is 1.86 bits per heavy atom. The van der Waals surface area contributed by atoms with Gasteiger partial charge in [0.05, 0.1) is 5.71 Å². The molecule has 0 radical (unpaired) electrons. The third kappa shape index (κ3) is 6.52. The zero-order valence-electron chi connectivity index (χ0n) is 22.1. The molecule has 7 heteroatoms. The van der Waals surface area contributed by atoms with Gasteiger partial charge in [-0.05, 0) is 48.6 Å². The van der Waals surface area contributed by atoms with Crippen LogP contribution in [0, 0.1) is 17.8 Å². The lowest BCUT2D eigenvalue weighted by Gasteiger charge is -2.26. The number of ether oxygens (including phenoxy) is 1. The average Bonchev–Trinajstić information content (AvgIpc) is 3.27. The number of carbonyl (C=O) groups excluding carboxylic acids is 1. The molecule has 0 saturated heterocycles. The first-order chi connectivity index (χ1) is 17.3. The largest absolute Gasteiger partial charge is 0.492 e. The molecule has 1 aromatic heterocycles. The number of rotatable bonds is 11. The standard InChI is InChI=1S/C29H38N4O3/c1-6-21-16-27(34)31-32-28(21)22-10-11-25-26(15-22)36-29(30-25)23-8-7-9-24(14-23)35-13-12-33(17-19(2)3)18-20(4)5/h7-11,14-15,19-21H,6,12-13,16-18H2,1-5H3,(H,31,34). The number of carbonyl (C=O) groups is 1. The predicted octanol–water partition coefficient (Wildman–Crippen LogP) is 5.74. The number of amides is 1. The molecule has 0 aliphatic carbocycles. The molecule has 1 unspecified atom stereocenters. The minimum Gasteiger partial charge on any atom is -0.492 e. The second-order valence-electron chi connectivity index (χ2n) is 10.5. The van der Waals surface area contributed by atoms with Crippen LogP contribution < -0.4 is 10.2 Å². The van der Waals surface area contributed by atoms with E-state index in [1.165, 1.54) is 0 Å². The Morgan fingerprint density at radius 3 is 2.58 bits per heavy atom. The van der Waals surface area contributed by atoms with Gasteiger partial charge in [-0.15, -0.1) is 0 Å². The second-order valence-corrected chi connectivity index (χ2v) is 10.5. The van der Waals surface area contributed by atoms with Crippen molar-refractivity contribution in [3.63, 3.8) is 0 Å². The van der Waals surface area contributed by atoms with E-state index >= 15 is 0 Å². The fraction of sp³-hybridized carbons (Fsp3) is 0.483. The second kappa shape index (κ2) is 11.7. The van der Waals surface area contributed by atoms with Gasteiger partial charge in [-0.2, -0.15) is 5.10 Å². The quantitative estimate of drug-likeness (QED) is 0.371. The molecule has 192 valence electrons. The maximum atomic E-state index is 11.7. The summed E-state index contributed by atoms with van der Waals surface area (Å²) >= 11 is 0. The third-order valence-corrected chi connectivity index (χ3v) is 6.30. The summed E-state index contributed by atoms with van der Waals surface area (Å²) in [6.07, 6.45) is 1.31. The van der Waals surface area contributed by atoms with E-state index in [1.807, 2.05) is 42.5 Å². The number of fused-ring (bicyclic) bond motifs is 1. The van der Waals surface area contributed by atoms with E-state index in [4.69, 9.17) is 14.1 Å². The van der Waals surface area contributed by atoms with E-state index in [1.54, 1.807) is 0 Å². The Hall–Kier alpha value is -3.19. The van der Waals surface area contributed by atoms with Gasteiger partial charge in [-0.3, -0.25) is 9.69 Å². The number of hydrogen-bond acceptors (Lipinski definition) is 6. The fourth-order valence-electron chi connectivity index (χ4n) is 4.73. The first kappa shape index (κ1) is 25.9. The average molecular weight is 491 g/mol. The predicted molar refractivity (Wildman–Crippen MR) is 144 cm³/mol. The van der Waals surface area contributed by atoms with E-state index in [2.05, 4.69) is 50.0 Å². The highest BCUT2D eigenvalue weighted by Crippen LogP contribution is 2.29. The molecule has 7 nitrogen and oxygen atoms in total. The van der Waals surface area contributed by atoms with Gasteiger partial charge in [-0.25, -0.2) is 10.4 Å². The summed E-state index contributed by atoms with van der Waals surface area (Å²) in [6, 6.07) is 13.8. The Kier molecular flexibility index (Phi) is 8.41. The Labute approximate surface area is 213 Å². The van der Waals surface area contributed by atoms with Crippen LogP contribution in [-0.4, -0.2) is 47.7 Å². The molecular weight excluding hydrogens is 452 g/mol. The van der Waals surface area contributed by atoms with Gasteiger partial charge in [0, 0.05) is 43.1 Å². The van der Waals surface area contributed by atoms with Crippen LogP contribution in [0.5, 0.6) is 5.75 Å². The Bertz CT molecular complexity index is 1200.